The fraction of sp³-hybridized carbons (Fsp3) is 0.0625. The van der Waals surface area contributed by atoms with Crippen LogP contribution in [0.3, 0.4) is 0 Å². The maximum absolute atomic E-state index is 12.3. The van der Waals surface area contributed by atoms with Crippen molar-refractivity contribution in [3.8, 4) is 0 Å². The van der Waals surface area contributed by atoms with Crippen molar-refractivity contribution < 1.29 is 19.6 Å². The summed E-state index contributed by atoms with van der Waals surface area (Å²) in [4.78, 5) is 12.3. The van der Waals surface area contributed by atoms with Gasteiger partial charge in [-0.1, -0.05) is 48.5 Å². The molecule has 22 heavy (non-hydrogen) atoms. The molecule has 1 heterocycles. The van der Waals surface area contributed by atoms with Crippen LogP contribution in [-0.4, -0.2) is 27.8 Å². The van der Waals surface area contributed by atoms with Crippen LogP contribution in [-0.2, 0) is 11.3 Å². The molecule has 0 aliphatic carbocycles. The highest BCUT2D eigenvalue weighted by molar-refractivity contribution is 6.59. The zero-order valence-corrected chi connectivity index (χ0v) is 11.7. The number of carbonyl (C=O) groups is 1. The summed E-state index contributed by atoms with van der Waals surface area (Å²) in [6.07, 6.45) is -0.645. The number of carbonyl (C=O) groups excluding carboxylic acids is 1. The summed E-state index contributed by atoms with van der Waals surface area (Å²) in [5.41, 5.74) is 1.52. The molecule has 1 aromatic heterocycles. The molecule has 6 heteroatoms. The molecule has 2 aromatic carbocycles. The van der Waals surface area contributed by atoms with Gasteiger partial charge >= 0.3 is 13.2 Å². The van der Waals surface area contributed by atoms with Gasteiger partial charge in [-0.3, -0.25) is 4.57 Å². The van der Waals surface area contributed by atoms with E-state index in [2.05, 4.69) is 0 Å². The third-order valence-electron chi connectivity index (χ3n) is 3.39. The minimum Gasteiger partial charge on any atom is -0.444 e. The van der Waals surface area contributed by atoms with Crippen molar-refractivity contribution in [3.05, 3.63) is 66.2 Å². The molecular weight excluding hydrogens is 281 g/mol. The van der Waals surface area contributed by atoms with Crippen molar-refractivity contribution in [3.63, 3.8) is 0 Å². The SMILES string of the molecule is O=C(OCc1ccccc1)n1c(B(O)O)cc2ccccc21. The van der Waals surface area contributed by atoms with Crippen LogP contribution in [0.25, 0.3) is 10.9 Å². The smallest absolute Gasteiger partial charge is 0.444 e. The maximum atomic E-state index is 12.3. The topological polar surface area (TPSA) is 71.7 Å². The fourth-order valence-electron chi connectivity index (χ4n) is 2.35. The Morgan fingerprint density at radius 2 is 1.73 bits per heavy atom. The standard InChI is InChI=1S/C16H14BNO4/c19-16(22-11-12-6-2-1-3-7-12)18-14-9-5-4-8-13(14)10-15(18)17(20)21/h1-10,20-21H,11H2. The number of ether oxygens (including phenoxy) is 1. The number of hydrogen-bond donors (Lipinski definition) is 2. The van der Waals surface area contributed by atoms with E-state index in [-0.39, 0.29) is 12.2 Å². The van der Waals surface area contributed by atoms with E-state index in [1.807, 2.05) is 36.4 Å². The quantitative estimate of drug-likeness (QED) is 0.718. The van der Waals surface area contributed by atoms with Gasteiger partial charge in [-0.25, -0.2) is 4.79 Å². The maximum Gasteiger partial charge on any atom is 0.506 e. The molecule has 3 rings (SSSR count). The highest BCUT2D eigenvalue weighted by Gasteiger charge is 2.24. The zero-order valence-electron chi connectivity index (χ0n) is 11.7. The number of aromatic nitrogens is 1. The van der Waals surface area contributed by atoms with E-state index >= 15 is 0 Å². The number of benzene rings is 2. The predicted octanol–water partition coefficient (Wildman–Crippen LogP) is 1.51. The van der Waals surface area contributed by atoms with Crippen LogP contribution < -0.4 is 5.59 Å². The molecule has 0 fully saturated rings. The van der Waals surface area contributed by atoms with Gasteiger partial charge in [-0.05, 0) is 23.1 Å². The molecule has 0 spiro atoms. The van der Waals surface area contributed by atoms with Gasteiger partial charge in [0.2, 0.25) is 0 Å². The first-order valence-electron chi connectivity index (χ1n) is 6.84. The van der Waals surface area contributed by atoms with Gasteiger partial charge in [-0.15, -0.1) is 0 Å². The minimum atomic E-state index is -1.75. The number of fused-ring (bicyclic) bond motifs is 1. The molecule has 0 aliphatic rings. The molecule has 2 N–H and O–H groups in total. The summed E-state index contributed by atoms with van der Waals surface area (Å²) in [6.45, 7) is 0.118. The van der Waals surface area contributed by atoms with E-state index in [0.717, 1.165) is 10.9 Å². The summed E-state index contributed by atoms with van der Waals surface area (Å²) >= 11 is 0. The van der Waals surface area contributed by atoms with Crippen molar-refractivity contribution in [2.24, 2.45) is 0 Å². The van der Waals surface area contributed by atoms with Crippen LogP contribution in [0, 0.1) is 0 Å². The molecule has 0 aliphatic heterocycles. The fourth-order valence-corrected chi connectivity index (χ4v) is 2.35. The Labute approximate surface area is 127 Å². The van der Waals surface area contributed by atoms with Gasteiger partial charge in [-0.2, -0.15) is 0 Å². The molecule has 0 saturated carbocycles. The van der Waals surface area contributed by atoms with Crippen molar-refractivity contribution >= 4 is 29.7 Å². The molecule has 110 valence electrons. The molecule has 0 atom stereocenters. The minimum absolute atomic E-state index is 0.0826. The van der Waals surface area contributed by atoms with Gasteiger partial charge in [0, 0.05) is 0 Å². The number of hydrogen-bond acceptors (Lipinski definition) is 4. The molecule has 3 aromatic rings. The first-order chi connectivity index (χ1) is 10.7. The first kappa shape index (κ1) is 14.4. The van der Waals surface area contributed by atoms with Gasteiger partial charge < -0.3 is 14.8 Å². The largest absolute Gasteiger partial charge is 0.506 e. The molecular formula is C16H14BNO4. The second-order valence-corrected chi connectivity index (χ2v) is 4.88. The molecule has 0 bridgehead atoms. The highest BCUT2D eigenvalue weighted by Crippen LogP contribution is 2.15. The monoisotopic (exact) mass is 295 g/mol. The second kappa shape index (κ2) is 6.05. The average Bonchev–Trinajstić information content (AvgIpc) is 2.93. The summed E-state index contributed by atoms with van der Waals surface area (Å²) in [6, 6.07) is 18.0. The Hall–Kier alpha value is -2.57. The van der Waals surface area contributed by atoms with Gasteiger partial charge in [0.05, 0.1) is 11.1 Å². The number of nitrogens with zero attached hydrogens (tertiary/aromatic N) is 1. The van der Waals surface area contributed by atoms with Crippen LogP contribution in [0.5, 0.6) is 0 Å². The Kier molecular flexibility index (Phi) is 3.95. The number of rotatable bonds is 3. The van der Waals surface area contributed by atoms with Crippen LogP contribution in [0.2, 0.25) is 0 Å². The molecule has 0 unspecified atom stereocenters. The third-order valence-corrected chi connectivity index (χ3v) is 3.39. The van der Waals surface area contributed by atoms with Crippen LogP contribution in [0.15, 0.2) is 60.7 Å². The van der Waals surface area contributed by atoms with Gasteiger partial charge in [0.1, 0.15) is 6.61 Å². The molecule has 0 amide bonds. The molecule has 5 nitrogen and oxygen atoms in total. The van der Waals surface area contributed by atoms with Gasteiger partial charge in [0.15, 0.2) is 0 Å². The van der Waals surface area contributed by atoms with E-state index in [0.29, 0.717) is 5.52 Å². The van der Waals surface area contributed by atoms with Crippen molar-refractivity contribution in [2.45, 2.75) is 6.61 Å². The Morgan fingerprint density at radius 1 is 1.05 bits per heavy atom. The molecule has 0 saturated heterocycles. The van der Waals surface area contributed by atoms with Crippen molar-refractivity contribution in [1.82, 2.24) is 4.57 Å². The Morgan fingerprint density at radius 3 is 2.45 bits per heavy atom. The Balaban J connectivity index is 1.91. The summed E-state index contributed by atoms with van der Waals surface area (Å²) < 4.78 is 6.46. The zero-order chi connectivity index (χ0) is 15.5. The molecule has 0 radical (unpaired) electrons. The van der Waals surface area contributed by atoms with Crippen LogP contribution in [0.4, 0.5) is 4.79 Å². The predicted molar refractivity (Wildman–Crippen MR) is 83.8 cm³/mol. The normalized spacial score (nSPS) is 10.6. The highest BCUT2D eigenvalue weighted by atomic mass is 16.5. The third kappa shape index (κ3) is 2.74. The van der Waals surface area contributed by atoms with Gasteiger partial charge in [0.25, 0.3) is 0 Å². The van der Waals surface area contributed by atoms with E-state index in [1.165, 1.54) is 4.57 Å². The summed E-state index contributed by atoms with van der Waals surface area (Å²) in [5.74, 6) is 0. The average molecular weight is 295 g/mol. The van der Waals surface area contributed by atoms with E-state index < -0.39 is 13.2 Å². The van der Waals surface area contributed by atoms with E-state index in [9.17, 15) is 14.8 Å². The summed E-state index contributed by atoms with van der Waals surface area (Å²) in [7, 11) is -1.75. The first-order valence-corrected chi connectivity index (χ1v) is 6.84. The van der Waals surface area contributed by atoms with Crippen molar-refractivity contribution in [1.29, 1.82) is 0 Å². The van der Waals surface area contributed by atoms with Crippen LogP contribution in [0.1, 0.15) is 5.56 Å². The summed E-state index contributed by atoms with van der Waals surface area (Å²) in [5, 5.41) is 19.7. The Bertz CT molecular complexity index is 798. The second-order valence-electron chi connectivity index (χ2n) is 4.88. The lowest BCUT2D eigenvalue weighted by molar-refractivity contribution is 0.143. The van der Waals surface area contributed by atoms with Crippen LogP contribution >= 0.6 is 0 Å². The van der Waals surface area contributed by atoms with E-state index in [4.69, 9.17) is 4.74 Å². The lowest BCUT2D eigenvalue weighted by Gasteiger charge is -2.10. The number of para-hydroxylation sites is 1. The lowest BCUT2D eigenvalue weighted by Crippen LogP contribution is -2.39. The van der Waals surface area contributed by atoms with E-state index in [1.54, 1.807) is 24.3 Å². The van der Waals surface area contributed by atoms with Crippen molar-refractivity contribution in [2.75, 3.05) is 0 Å². The lowest BCUT2D eigenvalue weighted by atomic mass is 9.86.